The summed E-state index contributed by atoms with van der Waals surface area (Å²) in [5.41, 5.74) is 2.28. The lowest BCUT2D eigenvalue weighted by atomic mass is 10.0. The molecule has 0 aliphatic carbocycles. The number of amides is 4. The van der Waals surface area contributed by atoms with Gasteiger partial charge in [-0.1, -0.05) is 0 Å². The fourth-order valence-electron chi connectivity index (χ4n) is 3.62. The van der Waals surface area contributed by atoms with Crippen LogP contribution in [-0.2, 0) is 18.7 Å². The molecule has 3 aliphatic rings. The maximum atomic E-state index is 12.3. The molecule has 0 aromatic carbocycles. The van der Waals surface area contributed by atoms with E-state index in [1.807, 2.05) is 5.32 Å². The van der Waals surface area contributed by atoms with Gasteiger partial charge in [0.15, 0.2) is 0 Å². The Morgan fingerprint density at radius 3 is 2.75 bits per heavy atom. The smallest absolute Gasteiger partial charge is 0.344 e. The molecule has 3 fully saturated rings. The highest BCUT2D eigenvalue weighted by Gasteiger charge is 2.48. The van der Waals surface area contributed by atoms with E-state index < -0.39 is 36.1 Å². The van der Waals surface area contributed by atoms with E-state index in [2.05, 4.69) is 23.7 Å². The normalized spacial score (nSPS) is 29.9. The van der Waals surface area contributed by atoms with E-state index in [-0.39, 0.29) is 31.7 Å². The molecule has 0 saturated carbocycles. The van der Waals surface area contributed by atoms with Crippen molar-refractivity contribution in [1.82, 2.24) is 26.1 Å². The molecule has 3 saturated heterocycles. The Morgan fingerprint density at radius 2 is 2.07 bits per heavy atom. The fourth-order valence-corrected chi connectivity index (χ4v) is 3.82. The molecule has 4 atom stereocenters. The molecule has 3 rings (SSSR count). The van der Waals surface area contributed by atoms with Crippen LogP contribution in [0.5, 0.6) is 0 Å². The molecule has 0 aromatic heterocycles. The summed E-state index contributed by atoms with van der Waals surface area (Å²) in [6.45, 7) is 0.511. The molecule has 3 N–H and O–H groups in total. The van der Waals surface area contributed by atoms with Gasteiger partial charge in [0, 0.05) is 38.1 Å². The zero-order valence-corrected chi connectivity index (χ0v) is 15.5. The molecule has 158 valence electrons. The molecule has 14 heteroatoms. The van der Waals surface area contributed by atoms with Crippen molar-refractivity contribution in [1.29, 1.82) is 0 Å². The third-order valence-corrected chi connectivity index (χ3v) is 5.16. The first kappa shape index (κ1) is 21.0. The average Bonchev–Trinajstić information content (AvgIpc) is 3.17. The monoisotopic (exact) mass is 427 g/mol. The summed E-state index contributed by atoms with van der Waals surface area (Å²) >= 11 is 3.65. The number of nitrogens with zero attached hydrogens (tertiary/aromatic N) is 2. The summed E-state index contributed by atoms with van der Waals surface area (Å²) in [6.07, 6.45) is -3.69. The van der Waals surface area contributed by atoms with Crippen LogP contribution in [0.25, 0.3) is 0 Å². The van der Waals surface area contributed by atoms with E-state index in [0.717, 1.165) is 5.06 Å². The van der Waals surface area contributed by atoms with E-state index in [1.54, 1.807) is 0 Å². The van der Waals surface area contributed by atoms with E-state index in [4.69, 9.17) is 9.12 Å². The number of nitrogens with one attached hydrogen (secondary N) is 3. The first-order valence-corrected chi connectivity index (χ1v) is 9.01. The number of carbonyl (C=O) groups is 3. The second kappa shape index (κ2) is 8.31. The molecule has 2 bridgehead atoms. The lowest BCUT2D eigenvalue weighted by Gasteiger charge is -2.29. The number of fused-ring (bicyclic) bond motifs is 2. The Hall–Kier alpha value is -1.77. The maximum Gasteiger partial charge on any atom is 0.471 e. The number of hydroxylamine groups is 3. The molecule has 0 spiro atoms. The Kier molecular flexibility index (Phi) is 6.21. The van der Waals surface area contributed by atoms with Crippen LogP contribution in [0.2, 0.25) is 0 Å². The number of urea groups is 1. The summed E-state index contributed by atoms with van der Waals surface area (Å²) in [7, 11) is 0. The summed E-state index contributed by atoms with van der Waals surface area (Å²) in [5, 5.41) is 5.93. The van der Waals surface area contributed by atoms with Crippen molar-refractivity contribution in [2.24, 2.45) is 0 Å². The standard InChI is InChI=1S/C14H20F3N5O5S/c15-14(16,17)12(24)19-7-3-8(18-4-7)6-26-20-11(23)10-2-1-9-5-21(10)13(25)22(9)27-28/h7-10,18,28H,1-6H2,(H,19,24)(H,20,23)/t7-,8+,9-,10+/m1/s1. The molecule has 10 nitrogen and oxygen atoms in total. The van der Waals surface area contributed by atoms with Crippen molar-refractivity contribution < 1.29 is 36.7 Å². The van der Waals surface area contributed by atoms with Crippen LogP contribution in [0.1, 0.15) is 19.3 Å². The SMILES string of the molecule is O=C(NOC[C@@H]1C[C@@H](NC(=O)C(F)(F)F)CN1)[C@@H]1CC[C@@H]2CN1C(=O)N2OS. The van der Waals surface area contributed by atoms with Gasteiger partial charge in [-0.3, -0.25) is 14.4 Å². The van der Waals surface area contributed by atoms with Crippen molar-refractivity contribution >= 4 is 30.8 Å². The number of thiol groups is 1. The largest absolute Gasteiger partial charge is 0.471 e. The number of rotatable bonds is 6. The van der Waals surface area contributed by atoms with E-state index in [1.165, 1.54) is 4.90 Å². The molecular weight excluding hydrogens is 407 g/mol. The zero-order chi connectivity index (χ0) is 20.5. The quantitative estimate of drug-likeness (QED) is 0.258. The van der Waals surface area contributed by atoms with Gasteiger partial charge >= 0.3 is 18.1 Å². The molecule has 0 unspecified atom stereocenters. The molecule has 3 aliphatic heterocycles. The minimum absolute atomic E-state index is 0.000699. The Morgan fingerprint density at radius 1 is 1.32 bits per heavy atom. The van der Waals surface area contributed by atoms with Gasteiger partial charge in [-0.2, -0.15) is 18.2 Å². The number of halogens is 3. The molecule has 0 radical (unpaired) electrons. The first-order chi connectivity index (χ1) is 13.2. The maximum absolute atomic E-state index is 12.3. The Bertz CT molecular complexity index is 639. The highest BCUT2D eigenvalue weighted by Crippen LogP contribution is 2.30. The highest BCUT2D eigenvalue weighted by atomic mass is 32.1. The highest BCUT2D eigenvalue weighted by molar-refractivity contribution is 7.75. The van der Waals surface area contributed by atoms with Crippen LogP contribution in [0, 0.1) is 0 Å². The molecular formula is C14H20F3N5O5S. The van der Waals surface area contributed by atoms with Crippen molar-refractivity contribution in [2.45, 2.75) is 49.6 Å². The van der Waals surface area contributed by atoms with Crippen LogP contribution in [-0.4, -0.2) is 77.8 Å². The van der Waals surface area contributed by atoms with E-state index in [9.17, 15) is 27.6 Å². The third kappa shape index (κ3) is 4.45. The van der Waals surface area contributed by atoms with Crippen molar-refractivity contribution in [2.75, 3.05) is 19.7 Å². The fraction of sp³-hybridized carbons (Fsp3) is 0.786. The molecule has 0 aromatic rings. The van der Waals surface area contributed by atoms with Gasteiger partial charge in [-0.05, 0) is 19.3 Å². The van der Waals surface area contributed by atoms with E-state index >= 15 is 0 Å². The van der Waals surface area contributed by atoms with Gasteiger partial charge in [0.2, 0.25) is 0 Å². The average molecular weight is 427 g/mol. The van der Waals surface area contributed by atoms with Crippen LogP contribution >= 0.6 is 12.9 Å². The summed E-state index contributed by atoms with van der Waals surface area (Å²) < 4.78 is 41.5. The van der Waals surface area contributed by atoms with Gasteiger partial charge in [0.1, 0.15) is 6.04 Å². The topological polar surface area (TPSA) is 112 Å². The van der Waals surface area contributed by atoms with Crippen molar-refractivity contribution in [3.05, 3.63) is 0 Å². The summed E-state index contributed by atoms with van der Waals surface area (Å²) in [4.78, 5) is 41.9. The van der Waals surface area contributed by atoms with Gasteiger partial charge in [-0.15, -0.1) is 0 Å². The van der Waals surface area contributed by atoms with E-state index in [0.29, 0.717) is 19.4 Å². The Balaban J connectivity index is 1.39. The summed E-state index contributed by atoms with van der Waals surface area (Å²) in [6, 6.07) is -2.31. The van der Waals surface area contributed by atoms with Gasteiger partial charge in [0.25, 0.3) is 5.91 Å². The van der Waals surface area contributed by atoms with Crippen LogP contribution in [0.3, 0.4) is 0 Å². The van der Waals surface area contributed by atoms with Gasteiger partial charge in [0.05, 0.1) is 12.6 Å². The Labute approximate surface area is 163 Å². The minimum Gasteiger partial charge on any atom is -0.344 e. The van der Waals surface area contributed by atoms with Crippen LogP contribution in [0.4, 0.5) is 18.0 Å². The van der Waals surface area contributed by atoms with Crippen molar-refractivity contribution in [3.8, 4) is 0 Å². The number of carbonyl (C=O) groups excluding carboxylic acids is 3. The van der Waals surface area contributed by atoms with Gasteiger partial charge in [-0.25, -0.2) is 14.6 Å². The second-order valence-corrected chi connectivity index (χ2v) is 7.04. The lowest BCUT2D eigenvalue weighted by molar-refractivity contribution is -0.174. The zero-order valence-electron chi connectivity index (χ0n) is 14.6. The predicted molar refractivity (Wildman–Crippen MR) is 89.3 cm³/mol. The molecule has 4 amide bonds. The van der Waals surface area contributed by atoms with Crippen LogP contribution in [0.15, 0.2) is 0 Å². The second-order valence-electron chi connectivity index (χ2n) is 6.88. The minimum atomic E-state index is -4.93. The first-order valence-electron chi connectivity index (χ1n) is 8.64. The molecule has 3 heterocycles. The van der Waals surface area contributed by atoms with Gasteiger partial charge < -0.3 is 15.5 Å². The lowest BCUT2D eigenvalue weighted by Crippen LogP contribution is -2.50. The van der Waals surface area contributed by atoms with Crippen LogP contribution < -0.4 is 16.1 Å². The number of piperidine rings is 1. The third-order valence-electron chi connectivity index (χ3n) is 4.99. The number of hydrogen-bond acceptors (Lipinski definition) is 7. The predicted octanol–water partition coefficient (Wildman–Crippen LogP) is -0.512. The van der Waals surface area contributed by atoms with Crippen molar-refractivity contribution in [3.63, 3.8) is 0 Å². The summed E-state index contributed by atoms with van der Waals surface area (Å²) in [5.74, 6) is -2.48. The molecule has 28 heavy (non-hydrogen) atoms. The number of hydrogen-bond donors (Lipinski definition) is 4. The number of alkyl halides is 3.